The first kappa shape index (κ1) is 27.9. The predicted molar refractivity (Wildman–Crippen MR) is 169 cm³/mol. The van der Waals surface area contributed by atoms with E-state index in [9.17, 15) is 5.11 Å². The van der Waals surface area contributed by atoms with Crippen molar-refractivity contribution in [2.75, 3.05) is 18.1 Å². The molecule has 4 heteroatoms. The highest BCUT2D eigenvalue weighted by Crippen LogP contribution is 2.35. The van der Waals surface area contributed by atoms with Crippen LogP contribution >= 0.6 is 0 Å². The number of benzene rings is 5. The Kier molecular flexibility index (Phi) is 8.95. The molecule has 0 saturated carbocycles. The lowest BCUT2D eigenvalue weighted by atomic mass is 9.95. The maximum absolute atomic E-state index is 9.59. The highest BCUT2D eigenvalue weighted by molar-refractivity contribution is 5.92. The Bertz CT molecular complexity index is 1510. The molecule has 0 saturated heterocycles. The van der Waals surface area contributed by atoms with Crippen LogP contribution in [0, 0.1) is 13.8 Å². The fourth-order valence-electron chi connectivity index (χ4n) is 4.65. The summed E-state index contributed by atoms with van der Waals surface area (Å²) in [6.45, 7) is 3.93. The number of nitrogens with zero attached hydrogens (tertiary/aromatic N) is 1. The molecule has 5 aromatic carbocycles. The average Bonchev–Trinajstić information content (AvgIpc) is 3.02. The van der Waals surface area contributed by atoms with E-state index in [0.717, 1.165) is 39.3 Å². The Balaban J connectivity index is 1.48. The van der Waals surface area contributed by atoms with Crippen LogP contribution in [0.25, 0.3) is 11.6 Å². The standard InChI is InChI=1S/C37H35NO3/c1-27-8-16-32(17-9-27)38(33-18-10-28(2)11-19-33)34-20-12-29(13-21-34)24-37(30-6-4-3-5-7-30)31-14-22-36(23-15-31)41-26-35(40)25-39/h3-24,35,39-40H,25-26H2,1-2H3. The maximum atomic E-state index is 9.59. The van der Waals surface area contributed by atoms with Crippen molar-refractivity contribution in [3.05, 3.63) is 155 Å². The fraction of sp³-hybridized carbons (Fsp3) is 0.135. The number of hydrogen-bond donors (Lipinski definition) is 2. The molecule has 4 nitrogen and oxygen atoms in total. The van der Waals surface area contributed by atoms with Gasteiger partial charge in [-0.15, -0.1) is 0 Å². The van der Waals surface area contributed by atoms with Crippen LogP contribution in [0.1, 0.15) is 27.8 Å². The Labute approximate surface area is 242 Å². The summed E-state index contributed by atoms with van der Waals surface area (Å²) in [5, 5.41) is 18.6. The van der Waals surface area contributed by atoms with Gasteiger partial charge in [0.1, 0.15) is 18.5 Å². The number of aryl methyl sites for hydroxylation is 2. The van der Waals surface area contributed by atoms with Crippen LogP contribution in [0.4, 0.5) is 17.1 Å². The second-order valence-electron chi connectivity index (χ2n) is 10.2. The van der Waals surface area contributed by atoms with E-state index >= 15 is 0 Å². The van der Waals surface area contributed by atoms with Crippen molar-refractivity contribution in [2.24, 2.45) is 0 Å². The number of ether oxygens (including phenoxy) is 1. The molecule has 1 atom stereocenters. The van der Waals surface area contributed by atoms with Crippen molar-refractivity contribution < 1.29 is 14.9 Å². The molecular formula is C37H35NO3. The first-order chi connectivity index (χ1) is 20.0. The Morgan fingerprint density at radius 2 is 1.15 bits per heavy atom. The largest absolute Gasteiger partial charge is 0.491 e. The molecule has 1 unspecified atom stereocenters. The molecule has 0 radical (unpaired) electrons. The van der Waals surface area contributed by atoms with E-state index in [2.05, 4.69) is 110 Å². The average molecular weight is 542 g/mol. The van der Waals surface area contributed by atoms with E-state index in [1.54, 1.807) is 0 Å². The molecule has 0 amide bonds. The van der Waals surface area contributed by atoms with Gasteiger partial charge in [-0.3, -0.25) is 0 Å². The second-order valence-corrected chi connectivity index (χ2v) is 10.2. The molecular weight excluding hydrogens is 506 g/mol. The lowest BCUT2D eigenvalue weighted by Crippen LogP contribution is -2.21. The maximum Gasteiger partial charge on any atom is 0.119 e. The van der Waals surface area contributed by atoms with Gasteiger partial charge in [-0.1, -0.05) is 90.0 Å². The Hall–Kier alpha value is -4.64. The van der Waals surface area contributed by atoms with Gasteiger partial charge >= 0.3 is 0 Å². The summed E-state index contributed by atoms with van der Waals surface area (Å²) in [4.78, 5) is 2.27. The summed E-state index contributed by atoms with van der Waals surface area (Å²) in [5.41, 5.74) is 10.1. The number of rotatable bonds is 10. The molecule has 41 heavy (non-hydrogen) atoms. The van der Waals surface area contributed by atoms with Gasteiger partial charge < -0.3 is 19.8 Å². The van der Waals surface area contributed by atoms with Crippen LogP contribution in [0.5, 0.6) is 5.75 Å². The summed E-state index contributed by atoms with van der Waals surface area (Å²) in [6, 6.07) is 44.0. The monoisotopic (exact) mass is 541 g/mol. The zero-order valence-corrected chi connectivity index (χ0v) is 23.4. The Morgan fingerprint density at radius 3 is 1.66 bits per heavy atom. The van der Waals surface area contributed by atoms with Crippen molar-refractivity contribution in [2.45, 2.75) is 20.0 Å². The zero-order valence-electron chi connectivity index (χ0n) is 23.4. The zero-order chi connectivity index (χ0) is 28.6. The highest BCUT2D eigenvalue weighted by atomic mass is 16.5. The summed E-state index contributed by atoms with van der Waals surface area (Å²) in [7, 11) is 0. The minimum absolute atomic E-state index is 0.0474. The molecule has 0 aliphatic carbocycles. The van der Waals surface area contributed by atoms with Gasteiger partial charge in [0.05, 0.1) is 6.61 Å². The summed E-state index contributed by atoms with van der Waals surface area (Å²) in [5.74, 6) is 0.644. The molecule has 5 rings (SSSR count). The van der Waals surface area contributed by atoms with Crippen molar-refractivity contribution in [3.8, 4) is 5.75 Å². The van der Waals surface area contributed by atoms with Gasteiger partial charge in [-0.05, 0) is 90.7 Å². The van der Waals surface area contributed by atoms with E-state index in [1.165, 1.54) is 11.1 Å². The van der Waals surface area contributed by atoms with Crippen LogP contribution in [-0.4, -0.2) is 29.5 Å². The van der Waals surface area contributed by atoms with Crippen molar-refractivity contribution in [1.82, 2.24) is 0 Å². The van der Waals surface area contributed by atoms with Gasteiger partial charge in [0, 0.05) is 17.1 Å². The topological polar surface area (TPSA) is 52.9 Å². The summed E-state index contributed by atoms with van der Waals surface area (Å²) in [6.07, 6.45) is 1.30. The minimum Gasteiger partial charge on any atom is -0.491 e. The third-order valence-corrected chi connectivity index (χ3v) is 6.95. The molecule has 0 aliphatic heterocycles. The first-order valence-electron chi connectivity index (χ1n) is 13.8. The lowest BCUT2D eigenvalue weighted by molar-refractivity contribution is 0.0536. The first-order valence-corrected chi connectivity index (χ1v) is 13.8. The van der Waals surface area contributed by atoms with E-state index in [-0.39, 0.29) is 13.2 Å². The summed E-state index contributed by atoms with van der Waals surface area (Å²) < 4.78 is 5.60. The second kappa shape index (κ2) is 13.1. The van der Waals surface area contributed by atoms with Gasteiger partial charge in [0.15, 0.2) is 0 Å². The van der Waals surface area contributed by atoms with Gasteiger partial charge in [0.25, 0.3) is 0 Å². The van der Waals surface area contributed by atoms with Crippen LogP contribution in [-0.2, 0) is 0 Å². The fourth-order valence-corrected chi connectivity index (χ4v) is 4.65. The number of anilines is 3. The SMILES string of the molecule is Cc1ccc(N(c2ccc(C)cc2)c2ccc(C=C(c3ccccc3)c3ccc(OCC(O)CO)cc3)cc2)cc1. The predicted octanol–water partition coefficient (Wildman–Crippen LogP) is 8.09. The smallest absolute Gasteiger partial charge is 0.119 e. The molecule has 0 aliphatic rings. The van der Waals surface area contributed by atoms with Gasteiger partial charge in [-0.25, -0.2) is 0 Å². The number of aliphatic hydroxyl groups excluding tert-OH is 2. The molecule has 5 aromatic rings. The number of aliphatic hydroxyl groups is 2. The molecule has 0 bridgehead atoms. The lowest BCUT2D eigenvalue weighted by Gasteiger charge is -2.26. The van der Waals surface area contributed by atoms with Crippen LogP contribution in [0.2, 0.25) is 0 Å². The van der Waals surface area contributed by atoms with Crippen LogP contribution < -0.4 is 9.64 Å². The number of hydrogen-bond acceptors (Lipinski definition) is 4. The molecule has 0 heterocycles. The van der Waals surface area contributed by atoms with Crippen molar-refractivity contribution in [3.63, 3.8) is 0 Å². The van der Waals surface area contributed by atoms with Crippen LogP contribution in [0.15, 0.2) is 127 Å². The normalized spacial score (nSPS) is 12.1. The molecule has 206 valence electrons. The third-order valence-electron chi connectivity index (χ3n) is 6.95. The molecule has 0 fully saturated rings. The van der Waals surface area contributed by atoms with E-state index in [1.807, 2.05) is 42.5 Å². The van der Waals surface area contributed by atoms with E-state index in [4.69, 9.17) is 9.84 Å². The third kappa shape index (κ3) is 7.12. The van der Waals surface area contributed by atoms with Crippen molar-refractivity contribution in [1.29, 1.82) is 0 Å². The summed E-state index contributed by atoms with van der Waals surface area (Å²) >= 11 is 0. The highest BCUT2D eigenvalue weighted by Gasteiger charge is 2.13. The van der Waals surface area contributed by atoms with Gasteiger partial charge in [-0.2, -0.15) is 0 Å². The quantitative estimate of drug-likeness (QED) is 0.175. The Morgan fingerprint density at radius 1 is 0.659 bits per heavy atom. The van der Waals surface area contributed by atoms with Crippen LogP contribution in [0.3, 0.4) is 0 Å². The van der Waals surface area contributed by atoms with E-state index < -0.39 is 6.10 Å². The molecule has 0 aromatic heterocycles. The molecule has 0 spiro atoms. The van der Waals surface area contributed by atoms with E-state index in [0.29, 0.717) is 5.75 Å². The molecule has 2 N–H and O–H groups in total. The minimum atomic E-state index is -0.898. The van der Waals surface area contributed by atoms with Crippen molar-refractivity contribution >= 4 is 28.7 Å². The van der Waals surface area contributed by atoms with Gasteiger partial charge in [0.2, 0.25) is 0 Å².